The standard InChI is InChI=1S/C9H17N/c1-3-4-6-9-7-5-8-10(9)2/h3-4,9H,5-8H2,1-2H3/b4-3+. The lowest BCUT2D eigenvalue weighted by molar-refractivity contribution is 0.313. The second-order valence-corrected chi connectivity index (χ2v) is 3.08. The first kappa shape index (κ1) is 7.80. The number of hydrogen-bond acceptors (Lipinski definition) is 1. The van der Waals surface area contributed by atoms with E-state index in [1.165, 1.54) is 25.8 Å². The second kappa shape index (κ2) is 3.77. The van der Waals surface area contributed by atoms with Crippen molar-refractivity contribution in [3.05, 3.63) is 12.2 Å². The van der Waals surface area contributed by atoms with Crippen molar-refractivity contribution in [2.75, 3.05) is 13.6 Å². The Labute approximate surface area is 63.7 Å². The zero-order chi connectivity index (χ0) is 7.40. The Morgan fingerprint density at radius 1 is 1.60 bits per heavy atom. The van der Waals surface area contributed by atoms with E-state index in [-0.39, 0.29) is 0 Å². The molecule has 1 unspecified atom stereocenters. The summed E-state index contributed by atoms with van der Waals surface area (Å²) >= 11 is 0. The molecule has 10 heavy (non-hydrogen) atoms. The van der Waals surface area contributed by atoms with E-state index >= 15 is 0 Å². The Morgan fingerprint density at radius 2 is 2.40 bits per heavy atom. The number of likely N-dealkylation sites (tertiary alicyclic amines) is 1. The van der Waals surface area contributed by atoms with Gasteiger partial charge in [-0.15, -0.1) is 0 Å². The zero-order valence-electron chi connectivity index (χ0n) is 7.01. The maximum absolute atomic E-state index is 2.46. The highest BCUT2D eigenvalue weighted by atomic mass is 15.1. The fourth-order valence-electron chi connectivity index (χ4n) is 1.57. The molecule has 0 radical (unpaired) electrons. The minimum absolute atomic E-state index is 0.830. The minimum Gasteiger partial charge on any atom is -0.303 e. The van der Waals surface area contributed by atoms with Gasteiger partial charge in [-0.1, -0.05) is 12.2 Å². The summed E-state index contributed by atoms with van der Waals surface area (Å²) in [5, 5.41) is 0. The Kier molecular flexibility index (Phi) is 2.94. The Hall–Kier alpha value is -0.300. The van der Waals surface area contributed by atoms with Crippen LogP contribution in [0.25, 0.3) is 0 Å². The van der Waals surface area contributed by atoms with Crippen LogP contribution in [-0.2, 0) is 0 Å². The molecule has 0 N–H and O–H groups in total. The lowest BCUT2D eigenvalue weighted by atomic mass is 10.1. The summed E-state index contributed by atoms with van der Waals surface area (Å²) in [6.45, 7) is 3.39. The summed E-state index contributed by atoms with van der Waals surface area (Å²) in [7, 11) is 2.22. The first-order chi connectivity index (χ1) is 4.84. The molecule has 0 aromatic rings. The molecular weight excluding hydrogens is 122 g/mol. The molecular formula is C9H17N. The van der Waals surface area contributed by atoms with Crippen LogP contribution in [-0.4, -0.2) is 24.5 Å². The van der Waals surface area contributed by atoms with Gasteiger partial charge >= 0.3 is 0 Å². The smallest absolute Gasteiger partial charge is 0.0127 e. The van der Waals surface area contributed by atoms with E-state index in [9.17, 15) is 0 Å². The third kappa shape index (κ3) is 1.84. The highest BCUT2D eigenvalue weighted by Crippen LogP contribution is 2.17. The van der Waals surface area contributed by atoms with Crippen LogP contribution in [0.3, 0.4) is 0 Å². The predicted molar refractivity (Wildman–Crippen MR) is 45.1 cm³/mol. The number of nitrogens with zero attached hydrogens (tertiary/aromatic N) is 1. The molecule has 1 saturated heterocycles. The van der Waals surface area contributed by atoms with Crippen LogP contribution in [0.2, 0.25) is 0 Å². The molecule has 0 bridgehead atoms. The molecule has 1 rings (SSSR count). The molecule has 1 aliphatic rings. The van der Waals surface area contributed by atoms with E-state index in [2.05, 4.69) is 31.0 Å². The molecule has 0 aliphatic carbocycles. The molecule has 0 amide bonds. The van der Waals surface area contributed by atoms with Crippen LogP contribution in [0.15, 0.2) is 12.2 Å². The van der Waals surface area contributed by atoms with Crippen molar-refractivity contribution in [1.82, 2.24) is 4.90 Å². The van der Waals surface area contributed by atoms with Crippen molar-refractivity contribution < 1.29 is 0 Å². The second-order valence-electron chi connectivity index (χ2n) is 3.08. The van der Waals surface area contributed by atoms with Gasteiger partial charge in [0.1, 0.15) is 0 Å². The van der Waals surface area contributed by atoms with Gasteiger partial charge in [-0.2, -0.15) is 0 Å². The molecule has 1 nitrogen and oxygen atoms in total. The van der Waals surface area contributed by atoms with Gasteiger partial charge in [0.15, 0.2) is 0 Å². The summed E-state index contributed by atoms with van der Waals surface area (Å²) in [6, 6.07) is 0.830. The third-order valence-electron chi connectivity index (χ3n) is 2.32. The molecule has 1 aliphatic heterocycles. The topological polar surface area (TPSA) is 3.24 Å². The van der Waals surface area contributed by atoms with Gasteiger partial charge in [-0.25, -0.2) is 0 Å². The van der Waals surface area contributed by atoms with Gasteiger partial charge in [-0.05, 0) is 39.8 Å². The zero-order valence-corrected chi connectivity index (χ0v) is 7.01. The van der Waals surface area contributed by atoms with Crippen LogP contribution in [0.5, 0.6) is 0 Å². The Morgan fingerprint density at radius 3 is 2.90 bits per heavy atom. The van der Waals surface area contributed by atoms with Crippen molar-refractivity contribution in [2.24, 2.45) is 0 Å². The SMILES string of the molecule is C/C=C/CC1CCCN1C. The number of allylic oxidation sites excluding steroid dienone is 1. The van der Waals surface area contributed by atoms with Crippen LogP contribution in [0, 0.1) is 0 Å². The van der Waals surface area contributed by atoms with Gasteiger partial charge in [-0.3, -0.25) is 0 Å². The summed E-state index contributed by atoms with van der Waals surface area (Å²) < 4.78 is 0. The van der Waals surface area contributed by atoms with Crippen molar-refractivity contribution in [3.8, 4) is 0 Å². The van der Waals surface area contributed by atoms with Gasteiger partial charge in [0.2, 0.25) is 0 Å². The van der Waals surface area contributed by atoms with Crippen molar-refractivity contribution >= 4 is 0 Å². The van der Waals surface area contributed by atoms with Crippen LogP contribution in [0.1, 0.15) is 26.2 Å². The molecule has 1 fully saturated rings. The van der Waals surface area contributed by atoms with E-state index < -0.39 is 0 Å². The lowest BCUT2D eigenvalue weighted by Crippen LogP contribution is -2.23. The quantitative estimate of drug-likeness (QED) is 0.529. The molecule has 0 spiro atoms. The predicted octanol–water partition coefficient (Wildman–Crippen LogP) is 2.05. The van der Waals surface area contributed by atoms with Crippen LogP contribution >= 0.6 is 0 Å². The van der Waals surface area contributed by atoms with Crippen molar-refractivity contribution in [2.45, 2.75) is 32.2 Å². The molecule has 1 heteroatoms. The third-order valence-corrected chi connectivity index (χ3v) is 2.32. The first-order valence-corrected chi connectivity index (χ1v) is 4.16. The van der Waals surface area contributed by atoms with Gasteiger partial charge in [0, 0.05) is 6.04 Å². The average molecular weight is 139 g/mol. The van der Waals surface area contributed by atoms with Crippen LogP contribution in [0.4, 0.5) is 0 Å². The Bertz CT molecular complexity index is 118. The summed E-state index contributed by atoms with van der Waals surface area (Å²) in [4.78, 5) is 2.46. The van der Waals surface area contributed by atoms with E-state index in [4.69, 9.17) is 0 Å². The summed E-state index contributed by atoms with van der Waals surface area (Å²) in [6.07, 6.45) is 8.44. The average Bonchev–Trinajstić information content (AvgIpc) is 2.31. The van der Waals surface area contributed by atoms with Gasteiger partial charge in [0.05, 0.1) is 0 Å². The van der Waals surface area contributed by atoms with Gasteiger partial charge < -0.3 is 4.90 Å². The Balaban J connectivity index is 2.26. The molecule has 0 aromatic carbocycles. The lowest BCUT2D eigenvalue weighted by Gasteiger charge is -2.16. The normalized spacial score (nSPS) is 28.4. The highest BCUT2D eigenvalue weighted by molar-refractivity contribution is 4.86. The molecule has 58 valence electrons. The monoisotopic (exact) mass is 139 g/mol. The first-order valence-electron chi connectivity index (χ1n) is 4.16. The maximum atomic E-state index is 2.46. The fraction of sp³-hybridized carbons (Fsp3) is 0.778. The largest absolute Gasteiger partial charge is 0.303 e. The minimum atomic E-state index is 0.830. The molecule has 1 heterocycles. The van der Waals surface area contributed by atoms with Gasteiger partial charge in [0.25, 0.3) is 0 Å². The van der Waals surface area contributed by atoms with E-state index in [0.717, 1.165) is 6.04 Å². The summed E-state index contributed by atoms with van der Waals surface area (Å²) in [5.41, 5.74) is 0. The molecule has 0 aromatic heterocycles. The highest BCUT2D eigenvalue weighted by Gasteiger charge is 2.18. The van der Waals surface area contributed by atoms with Crippen molar-refractivity contribution in [1.29, 1.82) is 0 Å². The fourth-order valence-corrected chi connectivity index (χ4v) is 1.57. The number of hydrogen-bond donors (Lipinski definition) is 0. The molecule has 1 atom stereocenters. The van der Waals surface area contributed by atoms with E-state index in [1.54, 1.807) is 0 Å². The summed E-state index contributed by atoms with van der Waals surface area (Å²) in [5.74, 6) is 0. The number of rotatable bonds is 2. The molecule has 0 saturated carbocycles. The van der Waals surface area contributed by atoms with Crippen molar-refractivity contribution in [3.63, 3.8) is 0 Å². The van der Waals surface area contributed by atoms with E-state index in [0.29, 0.717) is 0 Å². The van der Waals surface area contributed by atoms with E-state index in [1.807, 2.05) is 0 Å². The maximum Gasteiger partial charge on any atom is 0.0127 e. The van der Waals surface area contributed by atoms with Crippen LogP contribution < -0.4 is 0 Å².